The van der Waals surface area contributed by atoms with E-state index in [0.717, 1.165) is 11.1 Å². The highest BCUT2D eigenvalue weighted by atomic mass is 16.5. The molecule has 1 N–H and O–H groups in total. The number of amides is 1. The Balaban J connectivity index is 1.59. The van der Waals surface area contributed by atoms with Crippen molar-refractivity contribution in [1.29, 1.82) is 0 Å². The Hall–Kier alpha value is -3.35. The third-order valence-corrected chi connectivity index (χ3v) is 4.67. The lowest BCUT2D eigenvalue weighted by molar-refractivity contribution is -0.117. The molecule has 0 saturated carbocycles. The van der Waals surface area contributed by atoms with Crippen LogP contribution >= 0.6 is 0 Å². The fourth-order valence-electron chi connectivity index (χ4n) is 3.23. The topological polar surface area (TPSA) is 78.3 Å². The Morgan fingerprint density at radius 3 is 2.75 bits per heavy atom. The van der Waals surface area contributed by atoms with Crippen LogP contribution in [0.3, 0.4) is 0 Å². The molecule has 0 spiro atoms. The van der Waals surface area contributed by atoms with E-state index >= 15 is 0 Å². The predicted octanol–water partition coefficient (Wildman–Crippen LogP) is 3.50. The zero-order chi connectivity index (χ0) is 19.5. The molecular weight excluding hydrogens is 356 g/mol. The van der Waals surface area contributed by atoms with Crippen molar-refractivity contribution in [2.24, 2.45) is 0 Å². The fourth-order valence-corrected chi connectivity index (χ4v) is 3.23. The highest BCUT2D eigenvalue weighted by molar-refractivity contribution is 5.91. The van der Waals surface area contributed by atoms with Crippen LogP contribution in [-0.2, 0) is 11.4 Å². The average Bonchev–Trinajstić information content (AvgIpc) is 3.16. The lowest BCUT2D eigenvalue weighted by Crippen LogP contribution is -2.29. The zero-order valence-corrected chi connectivity index (χ0v) is 15.9. The lowest BCUT2D eigenvalue weighted by atomic mass is 10.0. The van der Waals surface area contributed by atoms with Gasteiger partial charge < -0.3 is 9.47 Å². The SMILES string of the molecule is CCOc1cc(C2CC(=O)Nc3ncnn32)ccc1OCc1ccc(C)cc1. The molecule has 2 heterocycles. The summed E-state index contributed by atoms with van der Waals surface area (Å²) in [7, 11) is 0. The number of nitrogens with one attached hydrogen (secondary N) is 1. The highest BCUT2D eigenvalue weighted by Gasteiger charge is 2.28. The lowest BCUT2D eigenvalue weighted by Gasteiger charge is -2.24. The van der Waals surface area contributed by atoms with Crippen molar-refractivity contribution < 1.29 is 14.3 Å². The van der Waals surface area contributed by atoms with E-state index < -0.39 is 0 Å². The van der Waals surface area contributed by atoms with Gasteiger partial charge in [-0.3, -0.25) is 10.1 Å². The van der Waals surface area contributed by atoms with Gasteiger partial charge in [-0.1, -0.05) is 35.9 Å². The Morgan fingerprint density at radius 2 is 1.96 bits per heavy atom. The summed E-state index contributed by atoms with van der Waals surface area (Å²) in [6.45, 7) is 4.96. The van der Waals surface area contributed by atoms with Gasteiger partial charge in [-0.15, -0.1) is 0 Å². The number of benzene rings is 2. The second-order valence-electron chi connectivity index (χ2n) is 6.71. The first-order chi connectivity index (χ1) is 13.6. The van der Waals surface area contributed by atoms with Gasteiger partial charge in [-0.25, -0.2) is 4.68 Å². The van der Waals surface area contributed by atoms with Gasteiger partial charge in [0.1, 0.15) is 12.9 Å². The quantitative estimate of drug-likeness (QED) is 0.710. The maximum atomic E-state index is 12.0. The molecule has 4 rings (SSSR count). The molecule has 1 aliphatic heterocycles. The van der Waals surface area contributed by atoms with Crippen LogP contribution in [0.15, 0.2) is 48.8 Å². The molecule has 7 heteroatoms. The maximum Gasteiger partial charge on any atom is 0.229 e. The molecular formula is C21H22N4O3. The van der Waals surface area contributed by atoms with Crippen molar-refractivity contribution in [3.63, 3.8) is 0 Å². The van der Waals surface area contributed by atoms with Gasteiger partial charge in [0, 0.05) is 0 Å². The molecule has 0 aliphatic carbocycles. The molecule has 2 aromatic carbocycles. The number of fused-ring (bicyclic) bond motifs is 1. The normalized spacial score (nSPS) is 15.6. The Morgan fingerprint density at radius 1 is 1.14 bits per heavy atom. The zero-order valence-electron chi connectivity index (χ0n) is 15.9. The number of nitrogens with zero attached hydrogens (tertiary/aromatic N) is 3. The number of anilines is 1. The molecule has 28 heavy (non-hydrogen) atoms. The van der Waals surface area contributed by atoms with E-state index in [4.69, 9.17) is 9.47 Å². The summed E-state index contributed by atoms with van der Waals surface area (Å²) < 4.78 is 13.5. The minimum Gasteiger partial charge on any atom is -0.490 e. The van der Waals surface area contributed by atoms with Crippen LogP contribution in [0.4, 0.5) is 5.95 Å². The second kappa shape index (κ2) is 7.72. The van der Waals surface area contributed by atoms with E-state index in [1.165, 1.54) is 11.9 Å². The second-order valence-corrected chi connectivity index (χ2v) is 6.71. The summed E-state index contributed by atoms with van der Waals surface area (Å²) in [5.74, 6) is 1.70. The van der Waals surface area contributed by atoms with E-state index in [9.17, 15) is 4.79 Å². The molecule has 1 aromatic heterocycles. The Kier molecular flexibility index (Phi) is 4.97. The number of carbonyl (C=O) groups is 1. The molecule has 0 radical (unpaired) electrons. The molecule has 0 saturated heterocycles. The van der Waals surface area contributed by atoms with Crippen LogP contribution < -0.4 is 14.8 Å². The van der Waals surface area contributed by atoms with Crippen LogP contribution in [0.25, 0.3) is 0 Å². The standard InChI is InChI=1S/C21H22N4O3/c1-3-27-19-10-16(17-11-20(26)24-21-22-13-23-25(17)21)8-9-18(19)28-12-15-6-4-14(2)5-7-15/h4-10,13,17H,3,11-12H2,1-2H3,(H,22,23,24,26). The monoisotopic (exact) mass is 378 g/mol. The van der Waals surface area contributed by atoms with Crippen molar-refractivity contribution in [2.75, 3.05) is 11.9 Å². The molecule has 3 aromatic rings. The minimum absolute atomic E-state index is 0.0804. The smallest absolute Gasteiger partial charge is 0.229 e. The van der Waals surface area contributed by atoms with Crippen LogP contribution in [-0.4, -0.2) is 27.3 Å². The molecule has 0 fully saturated rings. The summed E-state index contributed by atoms with van der Waals surface area (Å²) in [4.78, 5) is 16.1. The summed E-state index contributed by atoms with van der Waals surface area (Å²) in [6, 6.07) is 13.8. The minimum atomic E-state index is -0.225. The number of hydrogen-bond acceptors (Lipinski definition) is 5. The Bertz CT molecular complexity index is 982. The molecule has 1 atom stereocenters. The summed E-state index contributed by atoms with van der Waals surface area (Å²) >= 11 is 0. The van der Waals surface area contributed by atoms with E-state index in [0.29, 0.717) is 37.1 Å². The van der Waals surface area contributed by atoms with Gasteiger partial charge >= 0.3 is 0 Å². The first-order valence-corrected chi connectivity index (χ1v) is 9.28. The van der Waals surface area contributed by atoms with E-state index in [1.807, 2.05) is 25.1 Å². The van der Waals surface area contributed by atoms with Gasteiger partial charge in [0.15, 0.2) is 11.5 Å². The third-order valence-electron chi connectivity index (χ3n) is 4.67. The highest BCUT2D eigenvalue weighted by Crippen LogP contribution is 2.35. The van der Waals surface area contributed by atoms with Crippen molar-refractivity contribution in [2.45, 2.75) is 32.9 Å². The maximum absolute atomic E-state index is 12.0. The molecule has 1 unspecified atom stereocenters. The number of ether oxygens (including phenoxy) is 2. The molecule has 1 amide bonds. The van der Waals surface area contributed by atoms with Gasteiger partial charge in [0.05, 0.1) is 19.1 Å². The molecule has 1 aliphatic rings. The van der Waals surface area contributed by atoms with Crippen LogP contribution in [0.5, 0.6) is 11.5 Å². The molecule has 7 nitrogen and oxygen atoms in total. The van der Waals surface area contributed by atoms with Gasteiger partial charge in [0.25, 0.3) is 0 Å². The first-order valence-electron chi connectivity index (χ1n) is 9.28. The van der Waals surface area contributed by atoms with Crippen molar-refractivity contribution >= 4 is 11.9 Å². The van der Waals surface area contributed by atoms with E-state index in [-0.39, 0.29) is 11.9 Å². The summed E-state index contributed by atoms with van der Waals surface area (Å²) in [6.07, 6.45) is 1.74. The van der Waals surface area contributed by atoms with Gasteiger partial charge in [0.2, 0.25) is 11.9 Å². The van der Waals surface area contributed by atoms with Gasteiger partial charge in [-0.2, -0.15) is 10.1 Å². The summed E-state index contributed by atoms with van der Waals surface area (Å²) in [5, 5.41) is 6.98. The number of aryl methyl sites for hydroxylation is 1. The Labute approximate surface area is 163 Å². The van der Waals surface area contributed by atoms with Crippen LogP contribution in [0.2, 0.25) is 0 Å². The molecule has 0 bridgehead atoms. The average molecular weight is 378 g/mol. The third kappa shape index (κ3) is 3.69. The fraction of sp³-hybridized carbons (Fsp3) is 0.286. The number of aromatic nitrogens is 3. The predicted molar refractivity (Wildman–Crippen MR) is 105 cm³/mol. The first kappa shape index (κ1) is 18.0. The largest absolute Gasteiger partial charge is 0.490 e. The van der Waals surface area contributed by atoms with Crippen molar-refractivity contribution in [3.05, 3.63) is 65.5 Å². The van der Waals surface area contributed by atoms with Gasteiger partial charge in [-0.05, 0) is 37.1 Å². The number of hydrogen-bond donors (Lipinski definition) is 1. The summed E-state index contributed by atoms with van der Waals surface area (Å²) in [5.41, 5.74) is 3.23. The number of carbonyl (C=O) groups excluding carboxylic acids is 1. The van der Waals surface area contributed by atoms with E-state index in [2.05, 4.69) is 46.6 Å². The van der Waals surface area contributed by atoms with Crippen molar-refractivity contribution in [3.8, 4) is 11.5 Å². The van der Waals surface area contributed by atoms with Crippen LogP contribution in [0, 0.1) is 6.92 Å². The molecule has 144 valence electrons. The van der Waals surface area contributed by atoms with Crippen LogP contribution in [0.1, 0.15) is 36.1 Å². The van der Waals surface area contributed by atoms with E-state index in [1.54, 1.807) is 4.68 Å². The number of rotatable bonds is 6. The van der Waals surface area contributed by atoms with Crippen molar-refractivity contribution in [1.82, 2.24) is 14.8 Å².